The molecule has 0 unspecified atom stereocenters. The smallest absolute Gasteiger partial charge is 0.266 e. The predicted octanol–water partition coefficient (Wildman–Crippen LogP) is 5.66. The Hall–Kier alpha value is -3.85. The fourth-order valence-electron chi connectivity index (χ4n) is 3.80. The summed E-state index contributed by atoms with van der Waals surface area (Å²) in [5.41, 5.74) is 3.18. The zero-order chi connectivity index (χ0) is 24.8. The third kappa shape index (κ3) is 4.09. The first-order valence-corrected chi connectivity index (χ1v) is 12.3. The molecule has 3 heterocycles. The number of nitrogens with zero attached hydrogens (tertiary/aromatic N) is 5. The summed E-state index contributed by atoms with van der Waals surface area (Å²) in [6.07, 6.45) is 3.59. The molecule has 0 saturated carbocycles. The zero-order valence-corrected chi connectivity index (χ0v) is 20.6. The Bertz CT molecular complexity index is 1850. The van der Waals surface area contributed by atoms with E-state index in [-0.39, 0.29) is 11.4 Å². The maximum Gasteiger partial charge on any atom is 0.291 e. The third-order valence-corrected chi connectivity index (χ3v) is 7.03. The zero-order valence-electron chi connectivity index (χ0n) is 18.3. The van der Waals surface area contributed by atoms with Gasteiger partial charge in [0.2, 0.25) is 4.96 Å². The summed E-state index contributed by atoms with van der Waals surface area (Å²) in [5.74, 6) is 0.00577. The molecular formula is C26H14Cl2FN5OS. The quantitative estimate of drug-likeness (QED) is 0.293. The maximum atomic E-state index is 13.6. The van der Waals surface area contributed by atoms with Gasteiger partial charge in [-0.2, -0.15) is 14.6 Å². The lowest BCUT2D eigenvalue weighted by Gasteiger charge is -2.00. The monoisotopic (exact) mass is 533 g/mol. The molecule has 36 heavy (non-hydrogen) atoms. The topological polar surface area (TPSA) is 65.1 Å². The fraction of sp³-hybridized carbons (Fsp3) is 0. The molecule has 10 heteroatoms. The van der Waals surface area contributed by atoms with Gasteiger partial charge in [-0.15, -0.1) is 5.10 Å². The van der Waals surface area contributed by atoms with Gasteiger partial charge in [0.15, 0.2) is 5.82 Å². The van der Waals surface area contributed by atoms with Crippen LogP contribution >= 0.6 is 34.5 Å². The summed E-state index contributed by atoms with van der Waals surface area (Å²) in [6.45, 7) is 0. The van der Waals surface area contributed by atoms with Crippen molar-refractivity contribution < 1.29 is 4.39 Å². The summed E-state index contributed by atoms with van der Waals surface area (Å²) < 4.78 is 17.0. The summed E-state index contributed by atoms with van der Waals surface area (Å²) in [7, 11) is 0. The van der Waals surface area contributed by atoms with Crippen LogP contribution < -0.4 is 10.1 Å². The highest BCUT2D eigenvalue weighted by Gasteiger charge is 2.16. The summed E-state index contributed by atoms with van der Waals surface area (Å²) in [5, 5.41) is 9.99. The second kappa shape index (κ2) is 8.98. The molecule has 0 radical (unpaired) electrons. The van der Waals surface area contributed by atoms with Crippen LogP contribution in [0.3, 0.4) is 0 Å². The van der Waals surface area contributed by atoms with Crippen molar-refractivity contribution in [1.29, 1.82) is 0 Å². The van der Waals surface area contributed by atoms with Gasteiger partial charge in [-0.3, -0.25) is 4.79 Å². The van der Waals surface area contributed by atoms with Crippen molar-refractivity contribution in [2.24, 2.45) is 0 Å². The molecule has 3 aromatic carbocycles. The van der Waals surface area contributed by atoms with Crippen LogP contribution in [0.1, 0.15) is 5.56 Å². The molecule has 0 atom stereocenters. The number of aromatic nitrogens is 5. The van der Waals surface area contributed by atoms with E-state index in [1.54, 1.807) is 41.1 Å². The minimum Gasteiger partial charge on any atom is -0.266 e. The molecule has 0 aliphatic heterocycles. The van der Waals surface area contributed by atoms with E-state index < -0.39 is 0 Å². The number of rotatable bonds is 4. The lowest BCUT2D eigenvalue weighted by molar-refractivity contribution is 0.628. The number of hydrogen-bond acceptors (Lipinski definition) is 5. The summed E-state index contributed by atoms with van der Waals surface area (Å²) in [4.78, 5) is 18.1. The molecule has 6 aromatic rings. The van der Waals surface area contributed by atoms with Gasteiger partial charge in [-0.05, 0) is 60.7 Å². The van der Waals surface area contributed by atoms with Gasteiger partial charge >= 0.3 is 0 Å². The van der Waals surface area contributed by atoms with E-state index in [9.17, 15) is 9.18 Å². The number of hydrogen-bond donors (Lipinski definition) is 0. The highest BCUT2D eigenvalue weighted by Crippen LogP contribution is 2.29. The third-order valence-electron chi connectivity index (χ3n) is 5.52. The molecule has 176 valence electrons. The van der Waals surface area contributed by atoms with Gasteiger partial charge in [0.25, 0.3) is 5.56 Å². The fourth-order valence-corrected chi connectivity index (χ4v) is 5.19. The second-order valence-electron chi connectivity index (χ2n) is 7.89. The maximum absolute atomic E-state index is 13.6. The molecule has 0 aliphatic rings. The molecular weight excluding hydrogens is 520 g/mol. The van der Waals surface area contributed by atoms with Gasteiger partial charge in [0.1, 0.15) is 11.5 Å². The molecule has 0 bridgehead atoms. The summed E-state index contributed by atoms with van der Waals surface area (Å²) in [6, 6.07) is 20.7. The molecule has 3 aromatic heterocycles. The van der Waals surface area contributed by atoms with Crippen LogP contribution in [0.5, 0.6) is 0 Å². The Labute approximate surface area is 217 Å². The van der Waals surface area contributed by atoms with E-state index in [1.165, 1.54) is 28.0 Å². The van der Waals surface area contributed by atoms with Crippen molar-refractivity contribution in [3.63, 3.8) is 0 Å². The molecule has 0 fully saturated rings. The first kappa shape index (κ1) is 22.6. The highest BCUT2D eigenvalue weighted by molar-refractivity contribution is 7.15. The van der Waals surface area contributed by atoms with Gasteiger partial charge in [0, 0.05) is 27.9 Å². The van der Waals surface area contributed by atoms with Crippen LogP contribution in [-0.4, -0.2) is 24.4 Å². The Morgan fingerprint density at radius 3 is 2.44 bits per heavy atom. The van der Waals surface area contributed by atoms with Crippen molar-refractivity contribution in [3.8, 4) is 28.3 Å². The molecule has 6 nitrogen and oxygen atoms in total. The number of thiazole rings is 1. The van der Waals surface area contributed by atoms with Crippen molar-refractivity contribution in [2.75, 3.05) is 0 Å². The molecule has 0 saturated heterocycles. The standard InChI is InChI=1S/C26H14Cl2FN5OS/c27-17-8-11-20(21(28)13-17)24-30-26-34(32-24)25(35)22(36-26)12-16-14-33(19-4-2-1-3-5-19)31-23(16)15-6-9-18(29)10-7-15/h1-14H. The van der Waals surface area contributed by atoms with E-state index >= 15 is 0 Å². The average molecular weight is 534 g/mol. The second-order valence-corrected chi connectivity index (χ2v) is 9.74. The van der Waals surface area contributed by atoms with Crippen LogP contribution in [0.15, 0.2) is 83.8 Å². The highest BCUT2D eigenvalue weighted by atomic mass is 35.5. The van der Waals surface area contributed by atoms with Crippen LogP contribution in [0.2, 0.25) is 10.0 Å². The summed E-state index contributed by atoms with van der Waals surface area (Å²) >= 11 is 13.5. The van der Waals surface area contributed by atoms with Crippen molar-refractivity contribution in [1.82, 2.24) is 24.4 Å². The molecule has 6 rings (SSSR count). The Kier molecular flexibility index (Phi) is 5.64. The minimum absolute atomic E-state index is 0.309. The lowest BCUT2D eigenvalue weighted by atomic mass is 10.1. The van der Waals surface area contributed by atoms with Crippen molar-refractivity contribution >= 4 is 45.6 Å². The number of fused-ring (bicyclic) bond motifs is 1. The van der Waals surface area contributed by atoms with Crippen LogP contribution in [-0.2, 0) is 0 Å². The van der Waals surface area contributed by atoms with Gasteiger partial charge < -0.3 is 0 Å². The van der Waals surface area contributed by atoms with E-state index in [4.69, 9.17) is 28.3 Å². The molecule has 0 amide bonds. The Balaban J connectivity index is 1.48. The van der Waals surface area contributed by atoms with Gasteiger partial charge in [-0.1, -0.05) is 52.7 Å². The predicted molar refractivity (Wildman–Crippen MR) is 140 cm³/mol. The van der Waals surface area contributed by atoms with E-state index in [2.05, 4.69) is 10.1 Å². The van der Waals surface area contributed by atoms with Crippen LogP contribution in [0.25, 0.3) is 39.4 Å². The van der Waals surface area contributed by atoms with E-state index in [0.717, 1.165) is 11.3 Å². The minimum atomic E-state index is -0.337. The Morgan fingerprint density at radius 2 is 1.72 bits per heavy atom. The number of benzene rings is 3. The number of halogens is 3. The van der Waals surface area contributed by atoms with Crippen molar-refractivity contribution in [2.45, 2.75) is 0 Å². The van der Waals surface area contributed by atoms with Crippen LogP contribution in [0.4, 0.5) is 4.39 Å². The number of para-hydroxylation sites is 1. The normalized spacial score (nSPS) is 12.0. The van der Waals surface area contributed by atoms with Gasteiger partial charge in [-0.25, -0.2) is 9.07 Å². The largest absolute Gasteiger partial charge is 0.291 e. The van der Waals surface area contributed by atoms with E-state index in [1.807, 2.05) is 36.5 Å². The molecule has 0 aliphatic carbocycles. The lowest BCUT2D eigenvalue weighted by Crippen LogP contribution is -2.23. The molecule has 0 spiro atoms. The first-order chi connectivity index (χ1) is 17.5. The average Bonchev–Trinajstić information content (AvgIpc) is 3.56. The van der Waals surface area contributed by atoms with Crippen molar-refractivity contribution in [3.05, 3.63) is 115 Å². The van der Waals surface area contributed by atoms with Crippen LogP contribution in [0, 0.1) is 5.82 Å². The van der Waals surface area contributed by atoms with E-state index in [0.29, 0.717) is 42.2 Å². The van der Waals surface area contributed by atoms with Gasteiger partial charge in [0.05, 0.1) is 15.2 Å². The first-order valence-electron chi connectivity index (χ1n) is 10.7. The Morgan fingerprint density at radius 1 is 0.944 bits per heavy atom. The SMILES string of the molecule is O=c1c(=Cc2cn(-c3ccccc3)nc2-c2ccc(F)cc2)sc2nc(-c3ccc(Cl)cc3Cl)nn12. The molecule has 0 N–H and O–H groups in total.